The number of hydrogen-bond acceptors (Lipinski definition) is 5. The van der Waals surface area contributed by atoms with E-state index in [1.807, 2.05) is 42.5 Å². The van der Waals surface area contributed by atoms with Gasteiger partial charge in [-0.25, -0.2) is 4.98 Å². The third-order valence-corrected chi connectivity index (χ3v) is 4.39. The third-order valence-electron chi connectivity index (χ3n) is 4.39. The molecule has 136 valence electrons. The predicted octanol–water partition coefficient (Wildman–Crippen LogP) is 4.63. The smallest absolute Gasteiger partial charge is 0.260 e. The Morgan fingerprint density at radius 1 is 1.18 bits per heavy atom. The van der Waals surface area contributed by atoms with Gasteiger partial charge in [0.05, 0.1) is 24.5 Å². The number of fused-ring (bicyclic) bond motifs is 1. The van der Waals surface area contributed by atoms with E-state index in [1.54, 1.807) is 13.2 Å². The molecule has 0 aliphatic carbocycles. The summed E-state index contributed by atoms with van der Waals surface area (Å²) in [4.78, 5) is 16.9. The van der Waals surface area contributed by atoms with Crippen molar-refractivity contribution < 1.29 is 13.9 Å². The Labute approximate surface area is 161 Å². The average molecular weight is 369 g/mol. The van der Waals surface area contributed by atoms with Crippen molar-refractivity contribution in [3.05, 3.63) is 78.3 Å². The molecule has 4 aromatic rings. The summed E-state index contributed by atoms with van der Waals surface area (Å²) < 4.78 is 10.4. The van der Waals surface area contributed by atoms with Crippen LogP contribution in [0, 0.1) is 11.3 Å². The summed E-state index contributed by atoms with van der Waals surface area (Å²) in [6, 6.07) is 18.9. The zero-order valence-electron chi connectivity index (χ0n) is 15.0. The van der Waals surface area contributed by atoms with Crippen LogP contribution in [-0.4, -0.2) is 18.0 Å². The highest BCUT2D eigenvalue weighted by Gasteiger charge is 2.17. The van der Waals surface area contributed by atoms with Crippen LogP contribution in [0.25, 0.3) is 22.0 Å². The fourth-order valence-corrected chi connectivity index (χ4v) is 3.02. The van der Waals surface area contributed by atoms with Gasteiger partial charge in [0.2, 0.25) is 0 Å². The summed E-state index contributed by atoms with van der Waals surface area (Å²) in [5.74, 6) is 0.318. The van der Waals surface area contributed by atoms with Gasteiger partial charge in [0.1, 0.15) is 23.6 Å². The lowest BCUT2D eigenvalue weighted by atomic mass is 9.99. The van der Waals surface area contributed by atoms with Gasteiger partial charge < -0.3 is 14.5 Å². The van der Waals surface area contributed by atoms with Crippen LogP contribution in [0.3, 0.4) is 0 Å². The second-order valence-electron chi connectivity index (χ2n) is 6.04. The van der Waals surface area contributed by atoms with Crippen molar-refractivity contribution >= 4 is 22.6 Å². The van der Waals surface area contributed by atoms with E-state index in [0.717, 1.165) is 16.5 Å². The summed E-state index contributed by atoms with van der Waals surface area (Å²) >= 11 is 0. The van der Waals surface area contributed by atoms with Crippen LogP contribution in [0.2, 0.25) is 0 Å². The Hall–Kier alpha value is -4.11. The second-order valence-corrected chi connectivity index (χ2v) is 6.04. The van der Waals surface area contributed by atoms with Crippen LogP contribution < -0.4 is 10.1 Å². The van der Waals surface area contributed by atoms with E-state index in [9.17, 15) is 10.1 Å². The minimum absolute atomic E-state index is 0.171. The van der Waals surface area contributed by atoms with Crippen LogP contribution in [0.15, 0.2) is 71.5 Å². The lowest BCUT2D eigenvalue weighted by Gasteiger charge is -2.13. The summed E-state index contributed by atoms with van der Waals surface area (Å²) in [5.41, 5.74) is 3.08. The fraction of sp³-hybridized carbons (Fsp3) is 0.0455. The molecule has 0 aliphatic rings. The number of amides is 1. The monoisotopic (exact) mass is 369 g/mol. The van der Waals surface area contributed by atoms with Gasteiger partial charge in [-0.3, -0.25) is 4.79 Å². The molecule has 28 heavy (non-hydrogen) atoms. The normalized spacial score (nSPS) is 10.4. The van der Waals surface area contributed by atoms with Gasteiger partial charge in [-0.05, 0) is 35.4 Å². The number of ether oxygens (including phenoxy) is 1. The summed E-state index contributed by atoms with van der Waals surface area (Å²) in [6.07, 6.45) is 2.74. The number of aromatic nitrogens is 1. The first-order valence-corrected chi connectivity index (χ1v) is 8.52. The molecule has 0 fully saturated rings. The van der Waals surface area contributed by atoms with Crippen LogP contribution in [-0.2, 0) is 0 Å². The SMILES string of the molecule is COc1ccc(-c2ccccc2)c2cc(C#N)c(NC(=O)c3ccoc3)nc12. The number of hydrogen-bond donors (Lipinski definition) is 1. The maximum absolute atomic E-state index is 12.4. The minimum atomic E-state index is -0.407. The number of carbonyl (C=O) groups excluding carboxylic acids is 1. The van der Waals surface area contributed by atoms with Crippen LogP contribution >= 0.6 is 0 Å². The maximum Gasteiger partial charge on any atom is 0.260 e. The Balaban J connectivity index is 1.89. The van der Waals surface area contributed by atoms with E-state index in [4.69, 9.17) is 9.15 Å². The Morgan fingerprint density at radius 3 is 2.68 bits per heavy atom. The van der Waals surface area contributed by atoms with Crippen LogP contribution in [0.4, 0.5) is 5.82 Å². The number of nitrogens with one attached hydrogen (secondary N) is 1. The zero-order valence-corrected chi connectivity index (χ0v) is 15.0. The van der Waals surface area contributed by atoms with Gasteiger partial charge in [0.25, 0.3) is 5.91 Å². The van der Waals surface area contributed by atoms with Crippen molar-refractivity contribution in [2.75, 3.05) is 12.4 Å². The summed E-state index contributed by atoms with van der Waals surface area (Å²) in [5, 5.41) is 13.1. The first-order valence-electron chi connectivity index (χ1n) is 8.52. The molecule has 2 aromatic carbocycles. The number of nitrogens with zero attached hydrogens (tertiary/aromatic N) is 2. The van der Waals surface area contributed by atoms with Gasteiger partial charge in [-0.2, -0.15) is 5.26 Å². The van der Waals surface area contributed by atoms with Crippen molar-refractivity contribution in [3.8, 4) is 22.9 Å². The first kappa shape index (κ1) is 17.3. The zero-order chi connectivity index (χ0) is 19.5. The minimum Gasteiger partial charge on any atom is -0.494 e. The molecule has 0 unspecified atom stereocenters. The standard InChI is InChI=1S/C22H15N3O3/c1-27-19-8-7-17(14-5-3-2-4-6-14)18-11-16(12-23)21(24-20(18)19)25-22(26)15-9-10-28-13-15/h2-11,13H,1H3,(H,24,25,26). The Kier molecular flexibility index (Phi) is 4.48. The highest BCUT2D eigenvalue weighted by Crippen LogP contribution is 2.35. The molecule has 0 saturated carbocycles. The fourth-order valence-electron chi connectivity index (χ4n) is 3.02. The van der Waals surface area contributed by atoms with Crippen LogP contribution in [0.5, 0.6) is 5.75 Å². The molecule has 0 atom stereocenters. The Bertz CT molecular complexity index is 1190. The Morgan fingerprint density at radius 2 is 2.00 bits per heavy atom. The van der Waals surface area contributed by atoms with Crippen molar-refractivity contribution in [3.63, 3.8) is 0 Å². The summed E-state index contributed by atoms with van der Waals surface area (Å²) in [7, 11) is 1.56. The summed E-state index contributed by atoms with van der Waals surface area (Å²) in [6.45, 7) is 0. The topological polar surface area (TPSA) is 88.1 Å². The number of furan rings is 1. The number of rotatable bonds is 4. The average Bonchev–Trinajstić information content (AvgIpc) is 3.28. The highest BCUT2D eigenvalue weighted by molar-refractivity contribution is 6.06. The molecular formula is C22H15N3O3. The number of benzene rings is 2. The molecule has 1 N–H and O–H groups in total. The quantitative estimate of drug-likeness (QED) is 0.567. The van der Waals surface area contributed by atoms with Crippen molar-refractivity contribution in [2.24, 2.45) is 0 Å². The predicted molar refractivity (Wildman–Crippen MR) is 105 cm³/mol. The first-order chi connectivity index (χ1) is 13.7. The molecule has 0 saturated heterocycles. The number of pyridine rings is 1. The number of nitriles is 1. The molecule has 0 spiro atoms. The molecule has 4 rings (SSSR count). The second kappa shape index (κ2) is 7.25. The van der Waals surface area contributed by atoms with Gasteiger partial charge in [0.15, 0.2) is 5.82 Å². The molecule has 0 aliphatic heterocycles. The third kappa shape index (κ3) is 3.06. The molecule has 2 heterocycles. The van der Waals surface area contributed by atoms with E-state index in [0.29, 0.717) is 16.8 Å². The van der Waals surface area contributed by atoms with Gasteiger partial charge in [-0.1, -0.05) is 30.3 Å². The highest BCUT2D eigenvalue weighted by atomic mass is 16.5. The molecule has 0 radical (unpaired) electrons. The van der Waals surface area contributed by atoms with E-state index in [1.165, 1.54) is 18.6 Å². The number of methoxy groups -OCH3 is 1. The lowest BCUT2D eigenvalue weighted by molar-refractivity contribution is 0.102. The molecular weight excluding hydrogens is 354 g/mol. The van der Waals surface area contributed by atoms with Crippen molar-refractivity contribution in [1.29, 1.82) is 5.26 Å². The van der Waals surface area contributed by atoms with E-state index < -0.39 is 5.91 Å². The van der Waals surface area contributed by atoms with Gasteiger partial charge in [-0.15, -0.1) is 0 Å². The van der Waals surface area contributed by atoms with E-state index >= 15 is 0 Å². The molecule has 6 heteroatoms. The number of anilines is 1. The molecule has 1 amide bonds. The van der Waals surface area contributed by atoms with Gasteiger partial charge >= 0.3 is 0 Å². The van der Waals surface area contributed by atoms with Crippen molar-refractivity contribution in [1.82, 2.24) is 4.98 Å². The lowest BCUT2D eigenvalue weighted by Crippen LogP contribution is -2.13. The van der Waals surface area contributed by atoms with Gasteiger partial charge in [0, 0.05) is 5.39 Å². The van der Waals surface area contributed by atoms with E-state index in [-0.39, 0.29) is 11.4 Å². The molecule has 0 bridgehead atoms. The maximum atomic E-state index is 12.4. The van der Waals surface area contributed by atoms with E-state index in [2.05, 4.69) is 16.4 Å². The number of carbonyl (C=O) groups is 1. The van der Waals surface area contributed by atoms with Crippen molar-refractivity contribution in [2.45, 2.75) is 0 Å². The molecule has 2 aromatic heterocycles. The molecule has 6 nitrogen and oxygen atoms in total. The largest absolute Gasteiger partial charge is 0.494 e. The van der Waals surface area contributed by atoms with Crippen LogP contribution in [0.1, 0.15) is 15.9 Å².